The molecule has 1 N–H and O–H groups in total. The molecule has 4 nitrogen and oxygen atoms in total. The first kappa shape index (κ1) is 15.9. The Kier molecular flexibility index (Phi) is 7.19. The molecule has 0 fully saturated rings. The van der Waals surface area contributed by atoms with Crippen LogP contribution < -0.4 is 0 Å². The standard InChI is InChI=1S/C11H24O4S/c1-5-15-11(9(2)3)10(12)7-6-8-16(4,13)14/h9-12H,5-8H2,1-4H3. The van der Waals surface area contributed by atoms with Crippen LogP contribution in [0.5, 0.6) is 0 Å². The first-order valence-corrected chi connectivity index (χ1v) is 7.81. The van der Waals surface area contributed by atoms with E-state index in [9.17, 15) is 13.5 Å². The normalized spacial score (nSPS) is 16.4. The molecule has 0 aliphatic rings. The highest BCUT2D eigenvalue weighted by Gasteiger charge is 2.22. The molecule has 0 aromatic carbocycles. The molecule has 2 unspecified atom stereocenters. The zero-order valence-corrected chi connectivity index (χ0v) is 11.5. The Morgan fingerprint density at radius 2 is 1.88 bits per heavy atom. The van der Waals surface area contributed by atoms with Crippen molar-refractivity contribution >= 4 is 9.84 Å². The van der Waals surface area contributed by atoms with Crippen molar-refractivity contribution in [2.45, 2.75) is 45.8 Å². The summed E-state index contributed by atoms with van der Waals surface area (Å²) in [4.78, 5) is 0. The quantitative estimate of drug-likeness (QED) is 0.706. The lowest BCUT2D eigenvalue weighted by Crippen LogP contribution is -2.34. The van der Waals surface area contributed by atoms with Gasteiger partial charge in [0.15, 0.2) is 0 Å². The molecule has 0 rings (SSSR count). The topological polar surface area (TPSA) is 63.6 Å². The maximum absolute atomic E-state index is 10.9. The van der Waals surface area contributed by atoms with E-state index in [4.69, 9.17) is 4.74 Å². The molecule has 2 atom stereocenters. The van der Waals surface area contributed by atoms with Gasteiger partial charge in [0.25, 0.3) is 0 Å². The van der Waals surface area contributed by atoms with Gasteiger partial charge in [-0.2, -0.15) is 0 Å². The fourth-order valence-electron chi connectivity index (χ4n) is 1.66. The Labute approximate surface area is 98.9 Å². The third kappa shape index (κ3) is 7.19. The van der Waals surface area contributed by atoms with Crippen LogP contribution in [-0.2, 0) is 14.6 Å². The van der Waals surface area contributed by atoms with Crippen molar-refractivity contribution in [1.29, 1.82) is 0 Å². The summed E-state index contributed by atoms with van der Waals surface area (Å²) >= 11 is 0. The number of rotatable bonds is 8. The average molecular weight is 252 g/mol. The van der Waals surface area contributed by atoms with E-state index in [2.05, 4.69) is 0 Å². The second-order valence-corrected chi connectivity index (χ2v) is 6.76. The average Bonchev–Trinajstić information content (AvgIpc) is 2.11. The van der Waals surface area contributed by atoms with Gasteiger partial charge in [0.1, 0.15) is 9.84 Å². The fourth-order valence-corrected chi connectivity index (χ4v) is 2.35. The predicted molar refractivity (Wildman–Crippen MR) is 65.2 cm³/mol. The highest BCUT2D eigenvalue weighted by atomic mass is 32.2. The first-order chi connectivity index (χ1) is 7.28. The molecular weight excluding hydrogens is 228 g/mol. The molecule has 0 bridgehead atoms. The van der Waals surface area contributed by atoms with Crippen LogP contribution in [0.4, 0.5) is 0 Å². The minimum Gasteiger partial charge on any atom is -0.390 e. The van der Waals surface area contributed by atoms with Crippen molar-refractivity contribution in [1.82, 2.24) is 0 Å². The fraction of sp³-hybridized carbons (Fsp3) is 1.00. The Morgan fingerprint density at radius 1 is 1.31 bits per heavy atom. The lowest BCUT2D eigenvalue weighted by atomic mass is 9.98. The zero-order chi connectivity index (χ0) is 12.8. The molecule has 0 aliphatic carbocycles. The van der Waals surface area contributed by atoms with Crippen molar-refractivity contribution in [3.63, 3.8) is 0 Å². The lowest BCUT2D eigenvalue weighted by Gasteiger charge is -2.26. The number of hydrogen-bond donors (Lipinski definition) is 1. The van der Waals surface area contributed by atoms with E-state index in [0.29, 0.717) is 19.4 Å². The summed E-state index contributed by atoms with van der Waals surface area (Å²) in [5.41, 5.74) is 0. The molecule has 0 aromatic rings. The van der Waals surface area contributed by atoms with E-state index >= 15 is 0 Å². The van der Waals surface area contributed by atoms with Gasteiger partial charge in [-0.3, -0.25) is 0 Å². The van der Waals surface area contributed by atoms with Crippen LogP contribution in [-0.4, -0.2) is 44.3 Å². The minimum absolute atomic E-state index is 0.126. The highest BCUT2D eigenvalue weighted by molar-refractivity contribution is 7.90. The summed E-state index contributed by atoms with van der Waals surface area (Å²) in [5, 5.41) is 9.89. The summed E-state index contributed by atoms with van der Waals surface area (Å²) in [6, 6.07) is 0. The van der Waals surface area contributed by atoms with Crippen LogP contribution in [0.3, 0.4) is 0 Å². The first-order valence-electron chi connectivity index (χ1n) is 5.75. The van der Waals surface area contributed by atoms with Gasteiger partial charge < -0.3 is 9.84 Å². The lowest BCUT2D eigenvalue weighted by molar-refractivity contribution is -0.0596. The summed E-state index contributed by atoms with van der Waals surface area (Å²) in [5.74, 6) is 0.356. The summed E-state index contributed by atoms with van der Waals surface area (Å²) in [7, 11) is -2.93. The number of hydrogen-bond acceptors (Lipinski definition) is 4. The molecule has 0 aromatic heterocycles. The number of aliphatic hydroxyl groups is 1. The van der Waals surface area contributed by atoms with Crippen molar-refractivity contribution in [2.75, 3.05) is 18.6 Å². The van der Waals surface area contributed by atoms with E-state index < -0.39 is 15.9 Å². The summed E-state index contributed by atoms with van der Waals surface area (Å²) in [6.07, 6.45) is 1.37. The zero-order valence-electron chi connectivity index (χ0n) is 10.6. The summed E-state index contributed by atoms with van der Waals surface area (Å²) in [6.45, 7) is 6.42. The molecule has 5 heteroatoms. The Balaban J connectivity index is 4.06. The predicted octanol–water partition coefficient (Wildman–Crippen LogP) is 1.23. The van der Waals surface area contributed by atoms with Crippen LogP contribution >= 0.6 is 0 Å². The van der Waals surface area contributed by atoms with Gasteiger partial charge in [0.2, 0.25) is 0 Å². The molecule has 0 saturated heterocycles. The van der Waals surface area contributed by atoms with Crippen molar-refractivity contribution < 1.29 is 18.3 Å². The van der Waals surface area contributed by atoms with Crippen LogP contribution in [0.15, 0.2) is 0 Å². The molecule has 16 heavy (non-hydrogen) atoms. The van der Waals surface area contributed by atoms with Crippen LogP contribution in [0.25, 0.3) is 0 Å². The van der Waals surface area contributed by atoms with E-state index in [1.54, 1.807) is 0 Å². The van der Waals surface area contributed by atoms with Gasteiger partial charge in [-0.25, -0.2) is 8.42 Å². The molecule has 98 valence electrons. The van der Waals surface area contributed by atoms with Gasteiger partial charge in [0.05, 0.1) is 12.2 Å². The van der Waals surface area contributed by atoms with E-state index in [-0.39, 0.29) is 17.8 Å². The largest absolute Gasteiger partial charge is 0.390 e. The van der Waals surface area contributed by atoms with E-state index in [0.717, 1.165) is 0 Å². The minimum atomic E-state index is -2.93. The molecular formula is C11H24O4S. The molecule has 0 amide bonds. The van der Waals surface area contributed by atoms with Gasteiger partial charge >= 0.3 is 0 Å². The third-order valence-corrected chi connectivity index (χ3v) is 3.44. The monoisotopic (exact) mass is 252 g/mol. The molecule has 0 radical (unpaired) electrons. The Bertz CT molecular complexity index is 272. The van der Waals surface area contributed by atoms with Crippen LogP contribution in [0, 0.1) is 5.92 Å². The van der Waals surface area contributed by atoms with E-state index in [1.807, 2.05) is 20.8 Å². The Hall–Kier alpha value is -0.130. The third-order valence-electron chi connectivity index (χ3n) is 2.41. The van der Waals surface area contributed by atoms with Gasteiger partial charge in [0, 0.05) is 18.6 Å². The number of ether oxygens (including phenoxy) is 1. The SMILES string of the molecule is CCOC(C(C)C)C(O)CCCS(C)(=O)=O. The molecule has 0 spiro atoms. The second kappa shape index (κ2) is 7.25. The van der Waals surface area contributed by atoms with Crippen LogP contribution in [0.2, 0.25) is 0 Å². The van der Waals surface area contributed by atoms with Crippen molar-refractivity contribution in [3.05, 3.63) is 0 Å². The number of aliphatic hydroxyl groups excluding tert-OH is 1. The van der Waals surface area contributed by atoms with Crippen LogP contribution in [0.1, 0.15) is 33.6 Å². The molecule has 0 aliphatic heterocycles. The second-order valence-electron chi connectivity index (χ2n) is 4.50. The van der Waals surface area contributed by atoms with Crippen molar-refractivity contribution in [2.24, 2.45) is 5.92 Å². The Morgan fingerprint density at radius 3 is 2.25 bits per heavy atom. The van der Waals surface area contributed by atoms with Gasteiger partial charge in [-0.05, 0) is 25.7 Å². The smallest absolute Gasteiger partial charge is 0.147 e. The maximum Gasteiger partial charge on any atom is 0.147 e. The highest BCUT2D eigenvalue weighted by Crippen LogP contribution is 2.15. The molecule has 0 heterocycles. The maximum atomic E-state index is 10.9. The summed E-state index contributed by atoms with van der Waals surface area (Å²) < 4.78 is 27.3. The van der Waals surface area contributed by atoms with Crippen molar-refractivity contribution in [3.8, 4) is 0 Å². The van der Waals surface area contributed by atoms with E-state index in [1.165, 1.54) is 6.26 Å². The number of sulfone groups is 1. The molecule has 0 saturated carbocycles. The van der Waals surface area contributed by atoms with Gasteiger partial charge in [-0.1, -0.05) is 13.8 Å². The van der Waals surface area contributed by atoms with Gasteiger partial charge in [-0.15, -0.1) is 0 Å².